The SMILES string of the molecule is CN(C)OC#CI. The van der Waals surface area contributed by atoms with Gasteiger partial charge in [0.2, 0.25) is 0 Å². The topological polar surface area (TPSA) is 12.5 Å². The first-order valence-corrected chi connectivity index (χ1v) is 2.80. The van der Waals surface area contributed by atoms with Crippen molar-refractivity contribution in [1.82, 2.24) is 5.06 Å². The normalized spacial score (nSPS) is 7.43. The van der Waals surface area contributed by atoms with Gasteiger partial charge < -0.3 is 4.84 Å². The Kier molecular flexibility index (Phi) is 4.25. The molecule has 0 aromatic carbocycles. The van der Waals surface area contributed by atoms with Crippen molar-refractivity contribution in [3.8, 4) is 10.0 Å². The van der Waals surface area contributed by atoms with Crippen molar-refractivity contribution in [2.45, 2.75) is 0 Å². The first-order chi connectivity index (χ1) is 3.27. The Morgan fingerprint density at radius 1 is 1.57 bits per heavy atom. The zero-order chi connectivity index (χ0) is 5.70. The van der Waals surface area contributed by atoms with Crippen LogP contribution in [-0.2, 0) is 4.84 Å². The first kappa shape index (κ1) is 7.05. The smallest absolute Gasteiger partial charge is 0.149 e. The average molecular weight is 211 g/mol. The molecule has 0 aliphatic carbocycles. The molecule has 0 unspecified atom stereocenters. The minimum absolute atomic E-state index is 1.53. The van der Waals surface area contributed by atoms with Gasteiger partial charge in [0, 0.05) is 40.6 Å². The Morgan fingerprint density at radius 3 is 2.29 bits per heavy atom. The molecule has 0 saturated carbocycles. The lowest BCUT2D eigenvalue weighted by atomic mass is 11.2. The molecule has 0 heterocycles. The van der Waals surface area contributed by atoms with Gasteiger partial charge in [-0.25, -0.2) is 0 Å². The quantitative estimate of drug-likeness (QED) is 0.362. The number of hydrogen-bond donors (Lipinski definition) is 0. The second kappa shape index (κ2) is 4.22. The van der Waals surface area contributed by atoms with Crippen LogP contribution in [0.4, 0.5) is 0 Å². The highest BCUT2D eigenvalue weighted by Gasteiger charge is 1.76. The minimum atomic E-state index is 1.53. The molecule has 0 fully saturated rings. The molecule has 0 atom stereocenters. The van der Waals surface area contributed by atoms with Gasteiger partial charge in [-0.15, -0.1) is 5.06 Å². The van der Waals surface area contributed by atoms with Crippen LogP contribution >= 0.6 is 22.6 Å². The van der Waals surface area contributed by atoms with Gasteiger partial charge in [-0.1, -0.05) is 0 Å². The summed E-state index contributed by atoms with van der Waals surface area (Å²) in [5, 5.41) is 1.53. The summed E-state index contributed by atoms with van der Waals surface area (Å²) in [7, 11) is 3.56. The van der Waals surface area contributed by atoms with E-state index in [2.05, 4.69) is 14.9 Å². The summed E-state index contributed by atoms with van der Waals surface area (Å²) in [6, 6.07) is 0. The molecule has 2 nitrogen and oxygen atoms in total. The summed E-state index contributed by atoms with van der Waals surface area (Å²) in [6.45, 7) is 0. The molecular weight excluding hydrogens is 205 g/mol. The van der Waals surface area contributed by atoms with Crippen LogP contribution in [0.2, 0.25) is 0 Å². The summed E-state index contributed by atoms with van der Waals surface area (Å²) in [4.78, 5) is 4.66. The standard InChI is InChI=1S/C4H6INO/c1-6(2)7-4-3-5/h1-2H3. The van der Waals surface area contributed by atoms with Crippen LogP contribution in [0.5, 0.6) is 0 Å². The van der Waals surface area contributed by atoms with Crippen molar-refractivity contribution in [2.24, 2.45) is 0 Å². The lowest BCUT2D eigenvalue weighted by molar-refractivity contribution is -0.0368. The Hall–Kier alpha value is 0.0500. The van der Waals surface area contributed by atoms with Crippen LogP contribution in [-0.4, -0.2) is 19.2 Å². The van der Waals surface area contributed by atoms with Crippen molar-refractivity contribution in [1.29, 1.82) is 0 Å². The molecule has 0 radical (unpaired) electrons. The number of rotatable bonds is 1. The van der Waals surface area contributed by atoms with Crippen molar-refractivity contribution >= 4 is 22.6 Å². The highest BCUT2D eigenvalue weighted by atomic mass is 127. The van der Waals surface area contributed by atoms with Crippen LogP contribution in [0.1, 0.15) is 0 Å². The van der Waals surface area contributed by atoms with Crippen LogP contribution in [0.25, 0.3) is 0 Å². The van der Waals surface area contributed by atoms with E-state index in [0.29, 0.717) is 0 Å². The zero-order valence-electron chi connectivity index (χ0n) is 4.23. The molecule has 0 N–H and O–H groups in total. The van der Waals surface area contributed by atoms with Gasteiger partial charge in [0.25, 0.3) is 0 Å². The molecule has 0 aliphatic rings. The lowest BCUT2D eigenvalue weighted by Gasteiger charge is -2.00. The zero-order valence-corrected chi connectivity index (χ0v) is 6.39. The fraction of sp³-hybridized carbons (Fsp3) is 0.500. The summed E-state index contributed by atoms with van der Waals surface area (Å²) < 4.78 is 2.56. The van der Waals surface area contributed by atoms with Crippen LogP contribution in [0.15, 0.2) is 0 Å². The first-order valence-electron chi connectivity index (χ1n) is 1.72. The summed E-state index contributed by atoms with van der Waals surface area (Å²) >= 11 is 1.91. The number of halogens is 1. The van der Waals surface area contributed by atoms with Crippen LogP contribution < -0.4 is 0 Å². The Bertz CT molecular complexity index is 91.6. The highest BCUT2D eigenvalue weighted by Crippen LogP contribution is 1.75. The van der Waals surface area contributed by atoms with Gasteiger partial charge in [0.15, 0.2) is 0 Å². The molecule has 0 saturated heterocycles. The molecule has 40 valence electrons. The van der Waals surface area contributed by atoms with Crippen molar-refractivity contribution in [3.63, 3.8) is 0 Å². The van der Waals surface area contributed by atoms with Gasteiger partial charge in [0.1, 0.15) is 6.11 Å². The fourth-order valence-corrected chi connectivity index (χ4v) is 0.207. The number of hydrogen-bond acceptors (Lipinski definition) is 2. The molecule has 0 spiro atoms. The monoisotopic (exact) mass is 211 g/mol. The van der Waals surface area contributed by atoms with Crippen molar-refractivity contribution in [3.05, 3.63) is 0 Å². The lowest BCUT2D eigenvalue weighted by Crippen LogP contribution is -2.07. The molecule has 0 aliphatic heterocycles. The van der Waals surface area contributed by atoms with Crippen molar-refractivity contribution < 1.29 is 4.84 Å². The van der Waals surface area contributed by atoms with Gasteiger partial charge in [-0.2, -0.15) is 0 Å². The van der Waals surface area contributed by atoms with Gasteiger partial charge in [0.05, 0.1) is 0 Å². The van der Waals surface area contributed by atoms with Gasteiger partial charge in [-0.3, -0.25) is 0 Å². The molecule has 0 amide bonds. The fourth-order valence-electron chi connectivity index (χ4n) is 0.109. The second-order valence-corrected chi connectivity index (χ2v) is 1.64. The maximum absolute atomic E-state index is 4.66. The van der Waals surface area contributed by atoms with Gasteiger partial charge in [-0.05, 0) is 0 Å². The van der Waals surface area contributed by atoms with E-state index in [1.54, 1.807) is 14.1 Å². The molecule has 0 rings (SSSR count). The number of hydroxylamine groups is 2. The average Bonchev–Trinajstić information content (AvgIpc) is 1.61. The maximum Gasteiger partial charge on any atom is 0.149 e. The molecule has 0 aromatic heterocycles. The van der Waals surface area contributed by atoms with Gasteiger partial charge >= 0.3 is 0 Å². The highest BCUT2D eigenvalue weighted by molar-refractivity contribution is 14.1. The molecule has 0 aromatic rings. The Balaban J connectivity index is 3.08. The molecular formula is C4H6INO. The third-order valence-corrected chi connectivity index (χ3v) is 0.487. The van der Waals surface area contributed by atoms with E-state index in [9.17, 15) is 0 Å². The van der Waals surface area contributed by atoms with Crippen molar-refractivity contribution in [2.75, 3.05) is 14.1 Å². The van der Waals surface area contributed by atoms with E-state index in [1.165, 1.54) is 5.06 Å². The van der Waals surface area contributed by atoms with E-state index < -0.39 is 0 Å². The summed E-state index contributed by atoms with van der Waals surface area (Å²) in [5.41, 5.74) is 0. The Labute approximate surface area is 56.9 Å². The summed E-state index contributed by atoms with van der Waals surface area (Å²) in [6.07, 6.45) is 2.41. The third-order valence-electron chi connectivity index (χ3n) is 0.267. The maximum atomic E-state index is 4.66. The molecule has 0 bridgehead atoms. The number of nitrogens with zero attached hydrogens (tertiary/aromatic N) is 1. The minimum Gasteiger partial charge on any atom is -0.353 e. The largest absolute Gasteiger partial charge is 0.353 e. The van der Waals surface area contributed by atoms with E-state index in [0.717, 1.165) is 0 Å². The third kappa shape index (κ3) is 6.05. The second-order valence-electron chi connectivity index (χ2n) is 1.10. The van der Waals surface area contributed by atoms with Crippen LogP contribution in [0.3, 0.4) is 0 Å². The molecule has 3 heteroatoms. The predicted molar refractivity (Wildman–Crippen MR) is 36.6 cm³/mol. The predicted octanol–water partition coefficient (Wildman–Crippen LogP) is 0.833. The van der Waals surface area contributed by atoms with E-state index in [1.807, 2.05) is 22.6 Å². The van der Waals surface area contributed by atoms with E-state index in [4.69, 9.17) is 0 Å². The van der Waals surface area contributed by atoms with Crippen LogP contribution in [0, 0.1) is 10.0 Å². The Morgan fingerprint density at radius 2 is 2.14 bits per heavy atom. The van der Waals surface area contributed by atoms with E-state index in [-0.39, 0.29) is 0 Å². The van der Waals surface area contributed by atoms with E-state index >= 15 is 0 Å². The summed E-state index contributed by atoms with van der Waals surface area (Å²) in [5.74, 6) is 0. The molecule has 7 heavy (non-hydrogen) atoms.